The third-order valence-corrected chi connectivity index (χ3v) is 3.18. The maximum atomic E-state index is 11.6. The van der Waals surface area contributed by atoms with Crippen LogP contribution in [0.15, 0.2) is 28.7 Å². The van der Waals surface area contributed by atoms with Gasteiger partial charge in [-0.05, 0) is 38.5 Å². The third kappa shape index (κ3) is 3.59. The number of benzene rings is 1. The van der Waals surface area contributed by atoms with Gasteiger partial charge in [-0.15, -0.1) is 0 Å². The van der Waals surface area contributed by atoms with E-state index in [0.29, 0.717) is 5.56 Å². The molecule has 1 atom stereocenters. The van der Waals surface area contributed by atoms with Crippen LogP contribution < -0.4 is 0 Å². The number of nitrogens with zero attached hydrogens (tertiary/aromatic N) is 2. The summed E-state index contributed by atoms with van der Waals surface area (Å²) >= 11 is 0. The minimum atomic E-state index is -1.26. The van der Waals surface area contributed by atoms with Crippen molar-refractivity contribution in [1.82, 2.24) is 0 Å². The molecular weight excluding hydrogens is 220 g/mol. The summed E-state index contributed by atoms with van der Waals surface area (Å²) in [5.41, 5.74) is 1.36. The van der Waals surface area contributed by atoms with Crippen LogP contribution in [0.3, 0.4) is 0 Å². The zero-order chi connectivity index (χ0) is 12.2. The Morgan fingerprint density at radius 2 is 2.12 bits per heavy atom. The fraction of sp³-hybridized carbons (Fsp3) is 0.333. The third-order valence-electron chi connectivity index (χ3n) is 1.84. The summed E-state index contributed by atoms with van der Waals surface area (Å²) in [6.45, 7) is 5.60. The van der Waals surface area contributed by atoms with Crippen LogP contribution in [-0.2, 0) is 11.0 Å². The molecule has 1 rings (SSSR count). The molecule has 0 aliphatic carbocycles. The first-order valence-electron chi connectivity index (χ1n) is 4.90. The molecule has 0 bridgehead atoms. The summed E-state index contributed by atoms with van der Waals surface area (Å²) in [5, 5.41) is 8.71. The van der Waals surface area contributed by atoms with Crippen molar-refractivity contribution in [3.63, 3.8) is 0 Å². The van der Waals surface area contributed by atoms with E-state index >= 15 is 0 Å². The minimum Gasteiger partial charge on any atom is -0.234 e. The summed E-state index contributed by atoms with van der Waals surface area (Å²) in [6, 6.07) is 9.08. The number of rotatable bonds is 2. The van der Waals surface area contributed by atoms with Gasteiger partial charge in [0.05, 0.1) is 16.4 Å². The first-order chi connectivity index (χ1) is 7.43. The fourth-order valence-corrected chi connectivity index (χ4v) is 1.49. The highest BCUT2D eigenvalue weighted by molar-refractivity contribution is 7.85. The molecule has 0 fully saturated rings. The molecule has 0 saturated heterocycles. The predicted molar refractivity (Wildman–Crippen MR) is 66.6 cm³/mol. The monoisotopic (exact) mass is 234 g/mol. The van der Waals surface area contributed by atoms with Gasteiger partial charge in [-0.3, -0.25) is 0 Å². The molecule has 0 aliphatic heterocycles. The Morgan fingerprint density at radius 3 is 2.69 bits per heavy atom. The van der Waals surface area contributed by atoms with E-state index < -0.39 is 11.0 Å². The SMILES string of the molecule is CC(C)(C)S(=O)/N=C\c1cccc(C#N)c1. The molecule has 16 heavy (non-hydrogen) atoms. The molecular formula is C12H14N2OS. The molecule has 0 spiro atoms. The van der Waals surface area contributed by atoms with Crippen LogP contribution >= 0.6 is 0 Å². The lowest BCUT2D eigenvalue weighted by atomic mass is 10.1. The van der Waals surface area contributed by atoms with Gasteiger partial charge in [0.25, 0.3) is 0 Å². The number of hydrogen-bond donors (Lipinski definition) is 0. The van der Waals surface area contributed by atoms with Gasteiger partial charge in [-0.25, -0.2) is 4.21 Å². The summed E-state index contributed by atoms with van der Waals surface area (Å²) in [7, 11) is -1.26. The molecule has 0 radical (unpaired) electrons. The zero-order valence-corrected chi connectivity index (χ0v) is 10.4. The average molecular weight is 234 g/mol. The highest BCUT2D eigenvalue weighted by Crippen LogP contribution is 2.12. The highest BCUT2D eigenvalue weighted by atomic mass is 32.2. The van der Waals surface area contributed by atoms with Crippen molar-refractivity contribution >= 4 is 17.2 Å². The van der Waals surface area contributed by atoms with Crippen molar-refractivity contribution in [2.75, 3.05) is 0 Å². The van der Waals surface area contributed by atoms with E-state index in [1.54, 1.807) is 24.4 Å². The van der Waals surface area contributed by atoms with Crippen molar-refractivity contribution < 1.29 is 4.21 Å². The Labute approximate surface area is 98.4 Å². The molecule has 1 unspecified atom stereocenters. The van der Waals surface area contributed by atoms with Crippen LogP contribution in [0.2, 0.25) is 0 Å². The van der Waals surface area contributed by atoms with Crippen molar-refractivity contribution in [3.05, 3.63) is 35.4 Å². The molecule has 0 aromatic heterocycles. The molecule has 0 heterocycles. The van der Waals surface area contributed by atoms with Gasteiger partial charge in [0.15, 0.2) is 0 Å². The minimum absolute atomic E-state index is 0.358. The quantitative estimate of drug-likeness (QED) is 0.738. The maximum absolute atomic E-state index is 11.6. The molecule has 0 saturated carbocycles. The fourth-order valence-electron chi connectivity index (χ4n) is 0.955. The summed E-state index contributed by atoms with van der Waals surface area (Å²) in [4.78, 5) is 0. The van der Waals surface area contributed by atoms with Gasteiger partial charge in [0.2, 0.25) is 0 Å². The first-order valence-corrected chi connectivity index (χ1v) is 6.00. The van der Waals surface area contributed by atoms with E-state index in [9.17, 15) is 4.21 Å². The Balaban J connectivity index is 2.85. The van der Waals surface area contributed by atoms with Crippen LogP contribution in [0.1, 0.15) is 31.9 Å². The molecule has 0 N–H and O–H groups in total. The number of hydrogen-bond acceptors (Lipinski definition) is 2. The number of nitriles is 1. The Kier molecular flexibility index (Phi) is 3.97. The summed E-state index contributed by atoms with van der Waals surface area (Å²) in [6.07, 6.45) is 1.54. The molecule has 0 amide bonds. The maximum Gasteiger partial charge on any atom is 0.144 e. The van der Waals surface area contributed by atoms with Crippen LogP contribution in [0.25, 0.3) is 0 Å². The van der Waals surface area contributed by atoms with Gasteiger partial charge < -0.3 is 0 Å². The van der Waals surface area contributed by atoms with E-state index in [0.717, 1.165) is 5.56 Å². The Bertz CT molecular complexity index is 467. The lowest BCUT2D eigenvalue weighted by molar-refractivity contribution is 0.651. The normalized spacial score (nSPS) is 13.6. The molecule has 4 heteroatoms. The summed E-state index contributed by atoms with van der Waals surface area (Å²) < 4.78 is 15.3. The second-order valence-corrected chi connectivity index (χ2v) is 6.27. The highest BCUT2D eigenvalue weighted by Gasteiger charge is 2.17. The second-order valence-electron chi connectivity index (χ2n) is 4.33. The smallest absolute Gasteiger partial charge is 0.144 e. The van der Waals surface area contributed by atoms with E-state index in [1.165, 1.54) is 0 Å². The van der Waals surface area contributed by atoms with Gasteiger partial charge in [0, 0.05) is 6.21 Å². The van der Waals surface area contributed by atoms with Gasteiger partial charge in [-0.1, -0.05) is 12.1 Å². The standard InChI is InChI=1S/C12H14N2OS/c1-12(2,3)16(15)14-9-11-6-4-5-10(7-11)8-13/h4-7,9H,1-3H3/b14-9-. The van der Waals surface area contributed by atoms with E-state index in [2.05, 4.69) is 4.40 Å². The van der Waals surface area contributed by atoms with Crippen molar-refractivity contribution in [1.29, 1.82) is 5.26 Å². The van der Waals surface area contributed by atoms with Crippen LogP contribution in [0.4, 0.5) is 0 Å². The zero-order valence-electron chi connectivity index (χ0n) is 9.60. The van der Waals surface area contributed by atoms with Crippen molar-refractivity contribution in [2.45, 2.75) is 25.5 Å². The van der Waals surface area contributed by atoms with E-state index in [-0.39, 0.29) is 4.75 Å². The van der Waals surface area contributed by atoms with E-state index in [1.807, 2.05) is 32.9 Å². The van der Waals surface area contributed by atoms with Crippen LogP contribution in [0.5, 0.6) is 0 Å². The van der Waals surface area contributed by atoms with Gasteiger partial charge >= 0.3 is 0 Å². The largest absolute Gasteiger partial charge is 0.234 e. The molecule has 0 aliphatic rings. The van der Waals surface area contributed by atoms with Crippen molar-refractivity contribution in [2.24, 2.45) is 4.40 Å². The molecule has 1 aromatic carbocycles. The molecule has 1 aromatic rings. The Morgan fingerprint density at radius 1 is 1.44 bits per heavy atom. The first kappa shape index (κ1) is 12.6. The van der Waals surface area contributed by atoms with E-state index in [4.69, 9.17) is 5.26 Å². The predicted octanol–water partition coefficient (Wildman–Crippen LogP) is 2.44. The average Bonchev–Trinajstić information content (AvgIpc) is 2.25. The lowest BCUT2D eigenvalue weighted by Gasteiger charge is -2.12. The molecule has 84 valence electrons. The Hall–Kier alpha value is -1.47. The van der Waals surface area contributed by atoms with Gasteiger partial charge in [-0.2, -0.15) is 9.66 Å². The van der Waals surface area contributed by atoms with Crippen molar-refractivity contribution in [3.8, 4) is 6.07 Å². The topological polar surface area (TPSA) is 53.2 Å². The lowest BCUT2D eigenvalue weighted by Crippen LogP contribution is -2.19. The summed E-state index contributed by atoms with van der Waals surface area (Å²) in [5.74, 6) is 0. The van der Waals surface area contributed by atoms with Crippen LogP contribution in [0, 0.1) is 11.3 Å². The van der Waals surface area contributed by atoms with Crippen LogP contribution in [-0.4, -0.2) is 15.2 Å². The molecule has 3 nitrogen and oxygen atoms in total. The second kappa shape index (κ2) is 5.04. The van der Waals surface area contributed by atoms with Gasteiger partial charge in [0.1, 0.15) is 11.0 Å².